The third-order valence-electron chi connectivity index (χ3n) is 5.04. The molecule has 2 atom stereocenters. The van der Waals surface area contributed by atoms with E-state index in [2.05, 4.69) is 5.32 Å². The van der Waals surface area contributed by atoms with Crippen LogP contribution in [0.4, 0.5) is 16.2 Å². The summed E-state index contributed by atoms with van der Waals surface area (Å²) in [6, 6.07) is 6.50. The third kappa shape index (κ3) is 3.51. The van der Waals surface area contributed by atoms with E-state index in [4.69, 9.17) is 0 Å². The maximum absolute atomic E-state index is 11.8. The van der Waals surface area contributed by atoms with Crippen LogP contribution in [0.5, 0.6) is 0 Å². The summed E-state index contributed by atoms with van der Waals surface area (Å²) in [5.41, 5.74) is 0.0520. The van der Waals surface area contributed by atoms with E-state index < -0.39 is 16.6 Å². The summed E-state index contributed by atoms with van der Waals surface area (Å²) in [6.45, 7) is 7.30. The molecule has 1 aromatic rings. The number of nitro groups is 1. The first kappa shape index (κ1) is 18.2. The van der Waals surface area contributed by atoms with Gasteiger partial charge in [0.2, 0.25) is 0 Å². The fourth-order valence-electron chi connectivity index (χ4n) is 3.53. The van der Waals surface area contributed by atoms with Gasteiger partial charge in [0.15, 0.2) is 0 Å². The van der Waals surface area contributed by atoms with Gasteiger partial charge in [-0.25, -0.2) is 0 Å². The maximum Gasteiger partial charge on any atom is 0.292 e. The summed E-state index contributed by atoms with van der Waals surface area (Å²) in [5, 5.41) is 26.0. The summed E-state index contributed by atoms with van der Waals surface area (Å²) in [6.07, 6.45) is 0.656. The van der Waals surface area contributed by atoms with Gasteiger partial charge in [-0.3, -0.25) is 14.6 Å². The summed E-state index contributed by atoms with van der Waals surface area (Å²) in [7, 11) is 0. The number of rotatable bonds is 4. The monoisotopic (exact) mass is 335 g/mol. The topological polar surface area (TPSA) is 95.3 Å². The lowest BCUT2D eigenvalue weighted by molar-refractivity contribution is -0.926. The van der Waals surface area contributed by atoms with Crippen molar-refractivity contribution in [3.63, 3.8) is 0 Å². The molecule has 1 fully saturated rings. The molecule has 7 heteroatoms. The van der Waals surface area contributed by atoms with Gasteiger partial charge in [-0.1, -0.05) is 12.1 Å². The molecule has 1 aromatic carbocycles. The van der Waals surface area contributed by atoms with Gasteiger partial charge >= 0.3 is 0 Å². The predicted molar refractivity (Wildman–Crippen MR) is 89.5 cm³/mol. The minimum Gasteiger partial charge on any atom is -0.498 e. The van der Waals surface area contributed by atoms with Crippen LogP contribution in [0.25, 0.3) is 0 Å². The maximum atomic E-state index is 11.8. The summed E-state index contributed by atoms with van der Waals surface area (Å²) in [4.78, 5) is 22.5. The normalized spacial score (nSPS) is 24.4. The average Bonchev–Trinajstić information content (AvgIpc) is 2.52. The van der Waals surface area contributed by atoms with Gasteiger partial charge in [0.05, 0.1) is 23.6 Å². The van der Waals surface area contributed by atoms with Crippen molar-refractivity contribution < 1.29 is 19.3 Å². The van der Waals surface area contributed by atoms with Crippen molar-refractivity contribution in [2.75, 3.05) is 25.0 Å². The van der Waals surface area contributed by atoms with E-state index in [1.165, 1.54) is 6.07 Å². The Bertz CT molecular complexity index is 627. The fourth-order valence-corrected chi connectivity index (χ4v) is 3.53. The van der Waals surface area contributed by atoms with E-state index in [0.29, 0.717) is 25.3 Å². The van der Waals surface area contributed by atoms with Gasteiger partial charge in [-0.05, 0) is 39.7 Å². The lowest BCUT2D eigenvalue weighted by Gasteiger charge is -2.52. The Morgan fingerprint density at radius 2 is 2.04 bits per heavy atom. The summed E-state index contributed by atoms with van der Waals surface area (Å²) >= 11 is 0. The number of piperidine rings is 1. The molecule has 1 saturated heterocycles. The van der Waals surface area contributed by atoms with Crippen molar-refractivity contribution in [1.29, 1.82) is 0 Å². The van der Waals surface area contributed by atoms with Crippen LogP contribution in [0.1, 0.15) is 33.6 Å². The van der Waals surface area contributed by atoms with Crippen molar-refractivity contribution in [2.24, 2.45) is 5.92 Å². The number of anilines is 1. The number of carbonyl (C=O) groups is 1. The van der Waals surface area contributed by atoms with E-state index in [9.17, 15) is 20.0 Å². The Morgan fingerprint density at radius 1 is 1.38 bits per heavy atom. The van der Waals surface area contributed by atoms with Gasteiger partial charge in [0.1, 0.15) is 5.69 Å². The first-order valence-corrected chi connectivity index (χ1v) is 8.23. The molecule has 7 nitrogen and oxygen atoms in total. The number of hydrogen-bond acceptors (Lipinski definition) is 5. The number of benzene rings is 1. The number of amides is 1. The molecule has 0 aliphatic carbocycles. The summed E-state index contributed by atoms with van der Waals surface area (Å²) in [5.74, 6) is 0.121. The second-order valence-corrected chi connectivity index (χ2v) is 7.47. The number of likely N-dealkylation sites (tertiary alicyclic amines) is 1. The molecule has 0 aromatic heterocycles. The highest BCUT2D eigenvalue weighted by atomic mass is 16.6. The Morgan fingerprint density at radius 3 is 2.62 bits per heavy atom. The zero-order valence-corrected chi connectivity index (χ0v) is 14.4. The second-order valence-electron chi connectivity index (χ2n) is 7.47. The van der Waals surface area contributed by atoms with Crippen LogP contribution in [-0.2, 0) is 0 Å². The molecule has 132 valence electrons. The molecular formula is C17H25N3O4. The van der Waals surface area contributed by atoms with E-state index >= 15 is 0 Å². The second kappa shape index (κ2) is 6.76. The zero-order valence-electron chi connectivity index (χ0n) is 14.4. The number of carbonyl (C=O) groups excluding carboxylic acids is 1. The summed E-state index contributed by atoms with van der Waals surface area (Å²) < 4.78 is -0.0732. The van der Waals surface area contributed by atoms with Crippen molar-refractivity contribution in [3.8, 4) is 0 Å². The van der Waals surface area contributed by atoms with E-state index in [1.54, 1.807) is 18.2 Å². The standard InChI is InChI=1S/C17H25N3O4/c1-17(2,3)20(16(21)22)10-6-7-13(12-20)11-18-14-8-4-5-9-15(14)19(23)24/h4-5,8-9,13,18H,6-7,10-12H2,1-3H3/t13-,20?/m0/s1. The molecule has 1 N–H and O–H groups in total. The van der Waals surface area contributed by atoms with Gasteiger partial charge in [-0.2, -0.15) is 0 Å². The molecule has 1 unspecified atom stereocenters. The number of nitrogens with zero attached hydrogens (tertiary/aromatic N) is 2. The molecule has 1 aliphatic heterocycles. The molecule has 1 aliphatic rings. The smallest absolute Gasteiger partial charge is 0.292 e. The van der Waals surface area contributed by atoms with Gasteiger partial charge in [0.25, 0.3) is 11.8 Å². The van der Waals surface area contributed by atoms with Crippen LogP contribution < -0.4 is 10.4 Å². The van der Waals surface area contributed by atoms with E-state index in [1.807, 2.05) is 20.8 Å². The van der Waals surface area contributed by atoms with Crippen LogP contribution in [0.2, 0.25) is 0 Å². The number of quaternary nitrogens is 1. The Hall–Kier alpha value is -2.15. The van der Waals surface area contributed by atoms with Crippen LogP contribution >= 0.6 is 0 Å². The fraction of sp³-hybridized carbons (Fsp3) is 0.588. The highest BCUT2D eigenvalue weighted by Gasteiger charge is 2.46. The van der Waals surface area contributed by atoms with E-state index in [-0.39, 0.29) is 16.1 Å². The number of nitro benzene ring substituents is 1. The van der Waals surface area contributed by atoms with Crippen molar-refractivity contribution in [3.05, 3.63) is 34.4 Å². The SMILES string of the molecule is CC(C)(C)[N+]1(C(=O)[O-])CCC[C@@H](CNc2ccccc2[N+](=O)[O-])C1. The molecule has 0 radical (unpaired) electrons. The van der Waals surface area contributed by atoms with Gasteiger partial charge < -0.3 is 15.2 Å². The highest BCUT2D eigenvalue weighted by molar-refractivity contribution is 5.61. The van der Waals surface area contributed by atoms with Crippen LogP contribution in [0.3, 0.4) is 0 Å². The van der Waals surface area contributed by atoms with Crippen molar-refractivity contribution in [1.82, 2.24) is 0 Å². The predicted octanol–water partition coefficient (Wildman–Crippen LogP) is 2.38. The number of carboxylic acid groups (broad SMARTS) is 1. The van der Waals surface area contributed by atoms with E-state index in [0.717, 1.165) is 12.8 Å². The molecule has 2 rings (SSSR count). The van der Waals surface area contributed by atoms with Crippen LogP contribution in [-0.4, -0.2) is 40.7 Å². The number of nitrogens with one attached hydrogen (secondary N) is 1. The van der Waals surface area contributed by atoms with Gasteiger partial charge in [0, 0.05) is 18.5 Å². The number of hydrogen-bond donors (Lipinski definition) is 1. The quantitative estimate of drug-likeness (QED) is 0.518. The molecule has 1 amide bonds. The lowest BCUT2D eigenvalue weighted by atomic mass is 9.89. The Balaban J connectivity index is 2.12. The first-order valence-electron chi connectivity index (χ1n) is 8.23. The zero-order chi connectivity index (χ0) is 18.0. The lowest BCUT2D eigenvalue weighted by Crippen LogP contribution is -2.71. The number of para-hydroxylation sites is 2. The molecular weight excluding hydrogens is 310 g/mol. The van der Waals surface area contributed by atoms with Crippen molar-refractivity contribution in [2.45, 2.75) is 39.2 Å². The average molecular weight is 335 g/mol. The van der Waals surface area contributed by atoms with Crippen LogP contribution in [0, 0.1) is 16.0 Å². The molecule has 24 heavy (non-hydrogen) atoms. The third-order valence-corrected chi connectivity index (χ3v) is 5.04. The molecule has 1 heterocycles. The highest BCUT2D eigenvalue weighted by Crippen LogP contribution is 2.33. The minimum absolute atomic E-state index is 0.0322. The van der Waals surface area contributed by atoms with Gasteiger partial charge in [-0.15, -0.1) is 0 Å². The molecule has 0 spiro atoms. The largest absolute Gasteiger partial charge is 0.498 e. The first-order chi connectivity index (χ1) is 11.2. The Kier molecular flexibility index (Phi) is 5.13. The Labute approximate surface area is 142 Å². The molecule has 0 saturated carbocycles. The van der Waals surface area contributed by atoms with Crippen molar-refractivity contribution >= 4 is 17.5 Å². The minimum atomic E-state index is -1.04. The molecule has 0 bridgehead atoms. The van der Waals surface area contributed by atoms with Crippen LogP contribution in [0.15, 0.2) is 24.3 Å².